The molecule has 23 heavy (non-hydrogen) atoms. The third-order valence-electron chi connectivity index (χ3n) is 3.77. The molecule has 2 aromatic rings. The van der Waals surface area contributed by atoms with Crippen molar-refractivity contribution in [1.29, 1.82) is 0 Å². The molecule has 0 spiro atoms. The van der Waals surface area contributed by atoms with Gasteiger partial charge < -0.3 is 15.2 Å². The molecular formula is C17H26N6. The molecule has 0 aliphatic carbocycles. The quantitative estimate of drug-likeness (QED) is 0.466. The van der Waals surface area contributed by atoms with Crippen LogP contribution < -0.4 is 10.6 Å². The first-order valence-corrected chi connectivity index (χ1v) is 8.02. The zero-order chi connectivity index (χ0) is 16.5. The second-order valence-electron chi connectivity index (χ2n) is 5.69. The van der Waals surface area contributed by atoms with Crippen molar-refractivity contribution in [2.45, 2.75) is 39.8 Å². The molecule has 1 aromatic heterocycles. The van der Waals surface area contributed by atoms with Crippen molar-refractivity contribution in [1.82, 2.24) is 25.4 Å². The van der Waals surface area contributed by atoms with Gasteiger partial charge in [-0.3, -0.25) is 4.99 Å². The number of benzene rings is 1. The molecule has 0 amide bonds. The SMILES string of the molecule is CN=C(NCCCCn1cnnc1)NCc1ccc(C)cc1C. The van der Waals surface area contributed by atoms with Gasteiger partial charge in [0.2, 0.25) is 0 Å². The van der Waals surface area contributed by atoms with E-state index in [1.54, 1.807) is 19.7 Å². The Kier molecular flexibility index (Phi) is 6.59. The van der Waals surface area contributed by atoms with E-state index in [1.807, 2.05) is 4.57 Å². The van der Waals surface area contributed by atoms with Gasteiger partial charge in [-0.25, -0.2) is 0 Å². The molecule has 0 saturated heterocycles. The Morgan fingerprint density at radius 3 is 2.61 bits per heavy atom. The number of rotatable bonds is 7. The Bertz CT molecular complexity index is 618. The van der Waals surface area contributed by atoms with Gasteiger partial charge in [0.25, 0.3) is 0 Å². The molecule has 2 rings (SSSR count). The van der Waals surface area contributed by atoms with Crippen molar-refractivity contribution in [3.8, 4) is 0 Å². The lowest BCUT2D eigenvalue weighted by atomic mass is 10.1. The van der Waals surface area contributed by atoms with Gasteiger partial charge in [0, 0.05) is 26.7 Å². The molecule has 0 bridgehead atoms. The van der Waals surface area contributed by atoms with E-state index in [0.717, 1.165) is 38.4 Å². The number of nitrogens with zero attached hydrogens (tertiary/aromatic N) is 4. The van der Waals surface area contributed by atoms with Crippen molar-refractivity contribution in [2.24, 2.45) is 4.99 Å². The van der Waals surface area contributed by atoms with Crippen molar-refractivity contribution in [2.75, 3.05) is 13.6 Å². The van der Waals surface area contributed by atoms with Crippen molar-refractivity contribution in [3.63, 3.8) is 0 Å². The standard InChI is InChI=1S/C17H26N6/c1-14-6-7-16(15(2)10-14)11-20-17(18-3)19-8-4-5-9-23-12-21-22-13-23/h6-7,10,12-13H,4-5,8-9,11H2,1-3H3,(H2,18,19,20). The van der Waals surface area contributed by atoms with Gasteiger partial charge in [-0.2, -0.15) is 0 Å². The zero-order valence-corrected chi connectivity index (χ0v) is 14.2. The van der Waals surface area contributed by atoms with E-state index in [4.69, 9.17) is 0 Å². The monoisotopic (exact) mass is 314 g/mol. The normalized spacial score (nSPS) is 11.5. The molecule has 1 aromatic carbocycles. The fourth-order valence-electron chi connectivity index (χ4n) is 2.41. The van der Waals surface area contributed by atoms with E-state index >= 15 is 0 Å². The molecule has 124 valence electrons. The maximum absolute atomic E-state index is 4.27. The molecule has 0 atom stereocenters. The summed E-state index contributed by atoms with van der Waals surface area (Å²) in [5.74, 6) is 0.842. The van der Waals surface area contributed by atoms with E-state index in [9.17, 15) is 0 Å². The fraction of sp³-hybridized carbons (Fsp3) is 0.471. The largest absolute Gasteiger partial charge is 0.356 e. The van der Waals surface area contributed by atoms with Crippen LogP contribution in [0.5, 0.6) is 0 Å². The second-order valence-corrected chi connectivity index (χ2v) is 5.69. The summed E-state index contributed by atoms with van der Waals surface area (Å²) in [6.07, 6.45) is 5.65. The zero-order valence-electron chi connectivity index (χ0n) is 14.2. The first-order valence-electron chi connectivity index (χ1n) is 8.02. The Labute approximate surface area is 138 Å². The van der Waals surface area contributed by atoms with Gasteiger partial charge in [0.1, 0.15) is 12.7 Å². The van der Waals surface area contributed by atoms with Crippen LogP contribution in [0.1, 0.15) is 29.5 Å². The van der Waals surface area contributed by atoms with Crippen LogP contribution in [0, 0.1) is 13.8 Å². The summed E-state index contributed by atoms with van der Waals surface area (Å²) in [7, 11) is 1.80. The summed E-state index contributed by atoms with van der Waals surface area (Å²) in [5, 5.41) is 14.3. The van der Waals surface area contributed by atoms with Gasteiger partial charge in [-0.15, -0.1) is 10.2 Å². The average molecular weight is 314 g/mol. The number of hydrogen-bond donors (Lipinski definition) is 2. The number of nitrogens with one attached hydrogen (secondary N) is 2. The second kappa shape index (κ2) is 8.92. The van der Waals surface area contributed by atoms with Crippen LogP contribution in [0.2, 0.25) is 0 Å². The van der Waals surface area contributed by atoms with Crippen molar-refractivity contribution < 1.29 is 0 Å². The van der Waals surface area contributed by atoms with E-state index in [2.05, 4.69) is 57.9 Å². The topological polar surface area (TPSA) is 67.1 Å². The summed E-state index contributed by atoms with van der Waals surface area (Å²) < 4.78 is 1.99. The van der Waals surface area contributed by atoms with Crippen LogP contribution >= 0.6 is 0 Å². The van der Waals surface area contributed by atoms with Crippen LogP contribution in [0.4, 0.5) is 0 Å². The summed E-state index contributed by atoms with van der Waals surface area (Å²) in [6.45, 7) is 6.89. The number of hydrogen-bond acceptors (Lipinski definition) is 3. The molecular weight excluding hydrogens is 288 g/mol. The van der Waals surface area contributed by atoms with Crippen LogP contribution in [0.15, 0.2) is 35.8 Å². The molecule has 0 radical (unpaired) electrons. The number of aryl methyl sites for hydroxylation is 3. The minimum Gasteiger partial charge on any atom is -0.356 e. The summed E-state index contributed by atoms with van der Waals surface area (Å²) in [5.41, 5.74) is 3.90. The Balaban J connectivity index is 1.67. The predicted molar refractivity (Wildman–Crippen MR) is 93.4 cm³/mol. The molecule has 6 nitrogen and oxygen atoms in total. The van der Waals surface area contributed by atoms with Gasteiger partial charge in [-0.1, -0.05) is 23.8 Å². The highest BCUT2D eigenvalue weighted by Crippen LogP contribution is 2.09. The van der Waals surface area contributed by atoms with E-state index in [1.165, 1.54) is 16.7 Å². The third-order valence-corrected chi connectivity index (χ3v) is 3.77. The first-order chi connectivity index (χ1) is 11.2. The highest BCUT2D eigenvalue weighted by molar-refractivity contribution is 5.79. The molecule has 0 unspecified atom stereocenters. The minimum atomic E-state index is 0.784. The average Bonchev–Trinajstić information content (AvgIpc) is 3.05. The maximum Gasteiger partial charge on any atom is 0.191 e. The lowest BCUT2D eigenvalue weighted by Crippen LogP contribution is -2.37. The van der Waals surface area contributed by atoms with Crippen LogP contribution in [-0.4, -0.2) is 34.3 Å². The predicted octanol–water partition coefficient (Wildman–Crippen LogP) is 2.04. The number of aromatic nitrogens is 3. The van der Waals surface area contributed by atoms with E-state index < -0.39 is 0 Å². The molecule has 0 aliphatic rings. The molecule has 2 N–H and O–H groups in total. The lowest BCUT2D eigenvalue weighted by Gasteiger charge is -2.13. The summed E-state index contributed by atoms with van der Waals surface area (Å²) in [6, 6.07) is 6.52. The summed E-state index contributed by atoms with van der Waals surface area (Å²) >= 11 is 0. The lowest BCUT2D eigenvalue weighted by molar-refractivity contribution is 0.597. The molecule has 6 heteroatoms. The molecule has 0 saturated carbocycles. The van der Waals surface area contributed by atoms with E-state index in [-0.39, 0.29) is 0 Å². The molecule has 0 aliphatic heterocycles. The Morgan fingerprint density at radius 1 is 1.13 bits per heavy atom. The minimum absolute atomic E-state index is 0.784. The van der Waals surface area contributed by atoms with E-state index in [0.29, 0.717) is 0 Å². The van der Waals surface area contributed by atoms with Crippen LogP contribution in [-0.2, 0) is 13.1 Å². The first kappa shape index (κ1) is 17.0. The highest BCUT2D eigenvalue weighted by atomic mass is 15.2. The Hall–Kier alpha value is -2.37. The van der Waals surface area contributed by atoms with Gasteiger partial charge >= 0.3 is 0 Å². The highest BCUT2D eigenvalue weighted by Gasteiger charge is 2.01. The molecule has 0 fully saturated rings. The van der Waals surface area contributed by atoms with Gasteiger partial charge in [0.05, 0.1) is 0 Å². The number of guanidine groups is 1. The fourth-order valence-corrected chi connectivity index (χ4v) is 2.41. The third kappa shape index (κ3) is 5.73. The number of aliphatic imine (C=N–C) groups is 1. The van der Waals surface area contributed by atoms with Crippen LogP contribution in [0.25, 0.3) is 0 Å². The van der Waals surface area contributed by atoms with Crippen molar-refractivity contribution in [3.05, 3.63) is 47.5 Å². The number of unbranched alkanes of at least 4 members (excludes halogenated alkanes) is 1. The molecule has 1 heterocycles. The van der Waals surface area contributed by atoms with Gasteiger partial charge in [0.15, 0.2) is 5.96 Å². The smallest absolute Gasteiger partial charge is 0.191 e. The summed E-state index contributed by atoms with van der Waals surface area (Å²) in [4.78, 5) is 4.27. The van der Waals surface area contributed by atoms with Gasteiger partial charge in [-0.05, 0) is 37.8 Å². The van der Waals surface area contributed by atoms with Crippen LogP contribution in [0.3, 0.4) is 0 Å². The maximum atomic E-state index is 4.27. The Morgan fingerprint density at radius 2 is 1.91 bits per heavy atom. The van der Waals surface area contributed by atoms with Crippen molar-refractivity contribution >= 4 is 5.96 Å².